The monoisotopic (exact) mass is 326 g/mol. The number of carbonyl (C=O) groups is 1. The number of hydrogen-bond acceptors (Lipinski definition) is 3. The molecule has 3 rings (SSSR count). The zero-order chi connectivity index (χ0) is 17.1. The van der Waals surface area contributed by atoms with Crippen molar-refractivity contribution in [2.24, 2.45) is 13.0 Å². The highest BCUT2D eigenvalue weighted by atomic mass is 16.1. The van der Waals surface area contributed by atoms with Crippen LogP contribution in [0.3, 0.4) is 0 Å². The average Bonchev–Trinajstić information content (AvgIpc) is 2.94. The summed E-state index contributed by atoms with van der Waals surface area (Å²) in [5, 5.41) is 11.4. The van der Waals surface area contributed by atoms with Gasteiger partial charge in [0.1, 0.15) is 5.82 Å². The molecule has 1 atom stereocenters. The van der Waals surface area contributed by atoms with Crippen molar-refractivity contribution < 1.29 is 4.79 Å². The van der Waals surface area contributed by atoms with Gasteiger partial charge in [-0.2, -0.15) is 0 Å². The summed E-state index contributed by atoms with van der Waals surface area (Å²) in [6.07, 6.45) is 3.76. The third kappa shape index (κ3) is 3.66. The standard InChI is InChI=1S/C19H26N4O/c1-13(2)19-22-21-17(23(19)3)12-20-18(24)11-14-8-9-15-6-4-5-7-16(15)10-14/h4-7,13-14H,8-12H2,1-3H3,(H,20,24). The van der Waals surface area contributed by atoms with Crippen LogP contribution in [0, 0.1) is 5.92 Å². The zero-order valence-corrected chi connectivity index (χ0v) is 14.7. The molecule has 0 saturated heterocycles. The first-order valence-electron chi connectivity index (χ1n) is 8.76. The molecule has 1 heterocycles. The lowest BCUT2D eigenvalue weighted by atomic mass is 9.82. The van der Waals surface area contributed by atoms with Crippen LogP contribution in [0.25, 0.3) is 0 Å². The first kappa shape index (κ1) is 16.7. The number of fused-ring (bicyclic) bond motifs is 1. The van der Waals surface area contributed by atoms with Crippen LogP contribution in [0.1, 0.15) is 55.4 Å². The van der Waals surface area contributed by atoms with Gasteiger partial charge in [-0.15, -0.1) is 10.2 Å². The van der Waals surface area contributed by atoms with E-state index in [0.717, 1.165) is 30.9 Å². The van der Waals surface area contributed by atoms with Crippen LogP contribution in [-0.2, 0) is 31.2 Å². The Labute approximate surface area is 143 Å². The van der Waals surface area contributed by atoms with E-state index in [1.165, 1.54) is 11.1 Å². The Bertz CT molecular complexity index is 720. The third-order valence-electron chi connectivity index (χ3n) is 4.88. The first-order chi connectivity index (χ1) is 11.5. The Balaban J connectivity index is 1.52. The predicted molar refractivity (Wildman–Crippen MR) is 93.5 cm³/mol. The van der Waals surface area contributed by atoms with Gasteiger partial charge in [0.2, 0.25) is 5.91 Å². The minimum absolute atomic E-state index is 0.105. The van der Waals surface area contributed by atoms with Crippen LogP contribution in [-0.4, -0.2) is 20.7 Å². The van der Waals surface area contributed by atoms with Crippen molar-refractivity contribution in [2.45, 2.75) is 52.0 Å². The second-order valence-electron chi connectivity index (χ2n) is 7.05. The number of benzene rings is 1. The van der Waals surface area contributed by atoms with Gasteiger partial charge in [0.25, 0.3) is 0 Å². The molecule has 0 fully saturated rings. The molecule has 1 amide bonds. The molecule has 0 radical (unpaired) electrons. The van der Waals surface area contributed by atoms with Crippen LogP contribution in [0.4, 0.5) is 0 Å². The highest BCUT2D eigenvalue weighted by Gasteiger charge is 2.21. The van der Waals surface area contributed by atoms with Crippen molar-refractivity contribution in [1.82, 2.24) is 20.1 Å². The van der Waals surface area contributed by atoms with Gasteiger partial charge < -0.3 is 9.88 Å². The molecular weight excluding hydrogens is 300 g/mol. The molecule has 0 aliphatic heterocycles. The maximum Gasteiger partial charge on any atom is 0.220 e. The highest BCUT2D eigenvalue weighted by Crippen LogP contribution is 2.27. The van der Waals surface area contributed by atoms with Crippen LogP contribution >= 0.6 is 0 Å². The summed E-state index contributed by atoms with van der Waals surface area (Å²) in [6.45, 7) is 4.62. The number of hydrogen-bond donors (Lipinski definition) is 1. The van der Waals surface area contributed by atoms with Crippen molar-refractivity contribution in [2.75, 3.05) is 0 Å². The van der Waals surface area contributed by atoms with E-state index in [1.807, 2.05) is 11.6 Å². The van der Waals surface area contributed by atoms with Gasteiger partial charge in [0.05, 0.1) is 6.54 Å². The van der Waals surface area contributed by atoms with E-state index in [0.29, 0.717) is 24.8 Å². The van der Waals surface area contributed by atoms with Gasteiger partial charge >= 0.3 is 0 Å². The van der Waals surface area contributed by atoms with Crippen molar-refractivity contribution in [1.29, 1.82) is 0 Å². The summed E-state index contributed by atoms with van der Waals surface area (Å²) in [5.41, 5.74) is 2.84. The van der Waals surface area contributed by atoms with E-state index in [2.05, 4.69) is 53.6 Å². The van der Waals surface area contributed by atoms with E-state index in [9.17, 15) is 4.79 Å². The van der Waals surface area contributed by atoms with E-state index in [-0.39, 0.29) is 5.91 Å². The molecule has 1 aliphatic carbocycles. The van der Waals surface area contributed by atoms with Gasteiger partial charge in [-0.05, 0) is 36.3 Å². The van der Waals surface area contributed by atoms with E-state index in [4.69, 9.17) is 0 Å². The molecular formula is C19H26N4O. The van der Waals surface area contributed by atoms with Crippen LogP contribution in [0.5, 0.6) is 0 Å². The fourth-order valence-corrected chi connectivity index (χ4v) is 3.49. The maximum absolute atomic E-state index is 12.3. The molecule has 0 saturated carbocycles. The third-order valence-corrected chi connectivity index (χ3v) is 4.88. The summed E-state index contributed by atoms with van der Waals surface area (Å²) in [7, 11) is 1.95. The molecule has 1 aromatic heterocycles. The number of aryl methyl sites for hydroxylation is 1. The fraction of sp³-hybridized carbons (Fsp3) is 0.526. The molecule has 5 nitrogen and oxygen atoms in total. The number of rotatable bonds is 5. The Hall–Kier alpha value is -2.17. The van der Waals surface area contributed by atoms with E-state index >= 15 is 0 Å². The smallest absolute Gasteiger partial charge is 0.220 e. The topological polar surface area (TPSA) is 59.8 Å². The van der Waals surface area contributed by atoms with Crippen molar-refractivity contribution in [3.8, 4) is 0 Å². The Kier molecular flexibility index (Phi) is 4.97. The van der Waals surface area contributed by atoms with Crippen LogP contribution in [0.2, 0.25) is 0 Å². The quantitative estimate of drug-likeness (QED) is 0.919. The molecule has 1 aliphatic rings. The summed E-state index contributed by atoms with van der Waals surface area (Å²) in [4.78, 5) is 12.3. The normalized spacial score (nSPS) is 16.9. The van der Waals surface area contributed by atoms with E-state index < -0.39 is 0 Å². The molecule has 128 valence electrons. The number of nitrogens with one attached hydrogen (secondary N) is 1. The molecule has 0 bridgehead atoms. The molecule has 1 unspecified atom stereocenters. The molecule has 2 aromatic rings. The van der Waals surface area contributed by atoms with Crippen LogP contribution < -0.4 is 5.32 Å². The number of aromatic nitrogens is 3. The number of nitrogens with zero attached hydrogens (tertiary/aromatic N) is 3. The summed E-state index contributed by atoms with van der Waals surface area (Å²) in [6, 6.07) is 8.57. The summed E-state index contributed by atoms with van der Waals surface area (Å²) >= 11 is 0. The molecule has 1 N–H and O–H groups in total. The summed E-state index contributed by atoms with van der Waals surface area (Å²) < 4.78 is 1.97. The van der Waals surface area contributed by atoms with Gasteiger partial charge in [-0.25, -0.2) is 0 Å². The molecule has 0 spiro atoms. The van der Waals surface area contributed by atoms with Gasteiger partial charge in [0, 0.05) is 19.4 Å². The van der Waals surface area contributed by atoms with Gasteiger partial charge in [-0.1, -0.05) is 38.1 Å². The minimum atomic E-state index is 0.105. The van der Waals surface area contributed by atoms with Crippen molar-refractivity contribution in [3.63, 3.8) is 0 Å². The predicted octanol–water partition coefficient (Wildman–Crippen LogP) is 2.75. The lowest BCUT2D eigenvalue weighted by molar-refractivity contribution is -0.122. The zero-order valence-electron chi connectivity index (χ0n) is 14.7. The number of carbonyl (C=O) groups excluding carboxylic acids is 1. The van der Waals surface area contributed by atoms with Gasteiger partial charge in [0.15, 0.2) is 5.82 Å². The lowest BCUT2D eigenvalue weighted by Crippen LogP contribution is -2.28. The molecule has 1 aromatic carbocycles. The minimum Gasteiger partial charge on any atom is -0.349 e. The average molecular weight is 326 g/mol. The summed E-state index contributed by atoms with van der Waals surface area (Å²) in [5.74, 6) is 2.62. The van der Waals surface area contributed by atoms with Gasteiger partial charge in [-0.3, -0.25) is 4.79 Å². The first-order valence-corrected chi connectivity index (χ1v) is 8.76. The lowest BCUT2D eigenvalue weighted by Gasteiger charge is -2.24. The molecule has 5 heteroatoms. The largest absolute Gasteiger partial charge is 0.349 e. The van der Waals surface area contributed by atoms with E-state index in [1.54, 1.807) is 0 Å². The maximum atomic E-state index is 12.3. The second kappa shape index (κ2) is 7.16. The molecule has 24 heavy (non-hydrogen) atoms. The fourth-order valence-electron chi connectivity index (χ4n) is 3.49. The SMILES string of the molecule is CC(C)c1nnc(CNC(=O)CC2CCc3ccccc3C2)n1C. The Morgan fingerprint density at radius 2 is 2.04 bits per heavy atom. The van der Waals surface area contributed by atoms with Crippen molar-refractivity contribution in [3.05, 3.63) is 47.0 Å². The van der Waals surface area contributed by atoms with Crippen molar-refractivity contribution >= 4 is 5.91 Å². The van der Waals surface area contributed by atoms with Crippen LogP contribution in [0.15, 0.2) is 24.3 Å². The Morgan fingerprint density at radius 1 is 1.29 bits per heavy atom. The number of amides is 1. The highest BCUT2D eigenvalue weighted by molar-refractivity contribution is 5.76. The second-order valence-corrected chi connectivity index (χ2v) is 7.05. The Morgan fingerprint density at radius 3 is 2.75 bits per heavy atom.